The number of aromatic nitrogens is 2. The van der Waals surface area contributed by atoms with Gasteiger partial charge in [0.25, 0.3) is 0 Å². The number of anilines is 1. The average molecular weight is 307 g/mol. The van der Waals surface area contributed by atoms with Crippen molar-refractivity contribution in [3.05, 3.63) is 17.6 Å². The molecule has 19 heavy (non-hydrogen) atoms. The highest BCUT2D eigenvalue weighted by molar-refractivity contribution is 5.85. The number of halogens is 2. The second-order valence-corrected chi connectivity index (χ2v) is 4.89. The summed E-state index contributed by atoms with van der Waals surface area (Å²) in [6.45, 7) is 6.09. The summed E-state index contributed by atoms with van der Waals surface area (Å²) in [5, 5.41) is 13.3. The van der Waals surface area contributed by atoms with Crippen molar-refractivity contribution >= 4 is 30.6 Å². The van der Waals surface area contributed by atoms with E-state index < -0.39 is 6.10 Å². The first kappa shape index (κ1) is 16.4. The van der Waals surface area contributed by atoms with Gasteiger partial charge in [-0.25, -0.2) is 9.97 Å². The molecular formula is C12H20Cl2N4O. The van der Waals surface area contributed by atoms with Crippen LogP contribution in [-0.2, 0) is 0 Å². The number of rotatable bonds is 1. The summed E-state index contributed by atoms with van der Waals surface area (Å²) < 4.78 is 0. The number of nitrogens with one attached hydrogen (secondary N) is 1. The Labute approximate surface area is 125 Å². The molecule has 0 radical (unpaired) electrons. The number of hydrogen-bond donors (Lipinski definition) is 2. The summed E-state index contributed by atoms with van der Waals surface area (Å²) in [5.74, 6) is 1.38. The average Bonchev–Trinajstić information content (AvgIpc) is 2.66. The molecule has 1 saturated heterocycles. The third kappa shape index (κ3) is 2.94. The van der Waals surface area contributed by atoms with Crippen molar-refractivity contribution in [3.63, 3.8) is 0 Å². The highest BCUT2D eigenvalue weighted by Crippen LogP contribution is 2.42. The Bertz CT molecular complexity index is 426. The Balaban J connectivity index is 0.000000902. The molecule has 0 spiro atoms. The largest absolute Gasteiger partial charge is 0.387 e. The van der Waals surface area contributed by atoms with Crippen LogP contribution in [0.1, 0.15) is 36.6 Å². The molecule has 1 aromatic rings. The van der Waals surface area contributed by atoms with Crippen LogP contribution in [0, 0.1) is 0 Å². The smallest absolute Gasteiger partial charge is 0.135 e. The van der Waals surface area contributed by atoms with Crippen LogP contribution in [0.2, 0.25) is 0 Å². The van der Waals surface area contributed by atoms with Crippen LogP contribution in [0.4, 0.5) is 5.82 Å². The number of piperazine rings is 1. The van der Waals surface area contributed by atoms with E-state index in [2.05, 4.69) is 27.1 Å². The molecule has 2 aliphatic rings. The fourth-order valence-corrected chi connectivity index (χ4v) is 2.83. The van der Waals surface area contributed by atoms with Gasteiger partial charge >= 0.3 is 0 Å². The molecule has 1 fully saturated rings. The summed E-state index contributed by atoms with van der Waals surface area (Å²) in [5.41, 5.74) is 1.99. The predicted molar refractivity (Wildman–Crippen MR) is 79.6 cm³/mol. The van der Waals surface area contributed by atoms with Gasteiger partial charge < -0.3 is 15.3 Å². The summed E-state index contributed by atoms with van der Waals surface area (Å²) >= 11 is 0. The zero-order valence-electron chi connectivity index (χ0n) is 10.9. The summed E-state index contributed by atoms with van der Waals surface area (Å²) in [6, 6.07) is 0. The van der Waals surface area contributed by atoms with Gasteiger partial charge in [0.05, 0.1) is 11.8 Å². The maximum atomic E-state index is 9.95. The molecule has 1 aliphatic carbocycles. The first-order valence-corrected chi connectivity index (χ1v) is 6.26. The van der Waals surface area contributed by atoms with Gasteiger partial charge in [-0.3, -0.25) is 0 Å². The summed E-state index contributed by atoms with van der Waals surface area (Å²) in [6.07, 6.45) is 1.94. The fraction of sp³-hybridized carbons (Fsp3) is 0.667. The van der Waals surface area contributed by atoms with Crippen LogP contribution in [-0.4, -0.2) is 41.3 Å². The number of nitrogens with zero attached hydrogens (tertiary/aromatic N) is 3. The van der Waals surface area contributed by atoms with Crippen molar-refractivity contribution in [1.82, 2.24) is 15.3 Å². The topological polar surface area (TPSA) is 61.3 Å². The molecule has 5 nitrogen and oxygen atoms in total. The molecule has 1 aliphatic heterocycles. The number of aliphatic hydroxyl groups excluding tert-OH is 1. The van der Waals surface area contributed by atoms with Crippen molar-refractivity contribution < 1.29 is 5.11 Å². The lowest BCUT2D eigenvalue weighted by atomic mass is 10.1. The van der Waals surface area contributed by atoms with Gasteiger partial charge in [-0.1, -0.05) is 6.92 Å². The quantitative estimate of drug-likeness (QED) is 0.818. The molecule has 0 aromatic carbocycles. The minimum atomic E-state index is -0.412. The van der Waals surface area contributed by atoms with Crippen molar-refractivity contribution in [2.45, 2.75) is 25.4 Å². The van der Waals surface area contributed by atoms with Crippen LogP contribution in [0.3, 0.4) is 0 Å². The Morgan fingerprint density at radius 1 is 1.26 bits per heavy atom. The molecule has 108 valence electrons. The minimum absolute atomic E-state index is 0. The molecular weight excluding hydrogens is 287 g/mol. The molecule has 2 N–H and O–H groups in total. The van der Waals surface area contributed by atoms with E-state index in [1.54, 1.807) is 6.33 Å². The fourth-order valence-electron chi connectivity index (χ4n) is 2.83. The van der Waals surface area contributed by atoms with E-state index in [1.165, 1.54) is 0 Å². The normalized spacial score (nSPS) is 25.3. The lowest BCUT2D eigenvalue weighted by Crippen LogP contribution is -2.44. The van der Waals surface area contributed by atoms with E-state index in [-0.39, 0.29) is 24.8 Å². The second kappa shape index (κ2) is 6.70. The summed E-state index contributed by atoms with van der Waals surface area (Å²) in [4.78, 5) is 11.0. The molecule has 1 aromatic heterocycles. The van der Waals surface area contributed by atoms with Crippen molar-refractivity contribution in [1.29, 1.82) is 0 Å². The first-order chi connectivity index (χ1) is 8.27. The third-order valence-corrected chi connectivity index (χ3v) is 3.70. The minimum Gasteiger partial charge on any atom is -0.387 e. The van der Waals surface area contributed by atoms with Gasteiger partial charge in [0.1, 0.15) is 12.1 Å². The lowest BCUT2D eigenvalue weighted by Gasteiger charge is -2.30. The maximum Gasteiger partial charge on any atom is 0.135 e. The van der Waals surface area contributed by atoms with Crippen LogP contribution >= 0.6 is 24.8 Å². The van der Waals surface area contributed by atoms with E-state index >= 15 is 0 Å². The zero-order chi connectivity index (χ0) is 11.8. The molecule has 7 heteroatoms. The standard InChI is InChI=1S/C12H18N4O.2ClH/c1-8-6-9(17)11-10(8)12(15-7-14-11)16-4-2-13-3-5-16;;/h7-9,13,17H,2-6H2,1H3;2*1H/t8-,9-;;/m1../s1. The molecule has 0 saturated carbocycles. The molecule has 2 heterocycles. The highest BCUT2D eigenvalue weighted by atomic mass is 35.5. The number of hydrogen-bond acceptors (Lipinski definition) is 5. The third-order valence-electron chi connectivity index (χ3n) is 3.70. The molecule has 2 atom stereocenters. The van der Waals surface area contributed by atoms with Gasteiger partial charge in [0, 0.05) is 31.7 Å². The van der Waals surface area contributed by atoms with Crippen molar-refractivity contribution in [2.75, 3.05) is 31.1 Å². The first-order valence-electron chi connectivity index (χ1n) is 6.26. The van der Waals surface area contributed by atoms with E-state index in [4.69, 9.17) is 0 Å². The Kier molecular flexibility index (Phi) is 5.80. The number of fused-ring (bicyclic) bond motifs is 1. The van der Waals surface area contributed by atoms with E-state index in [0.29, 0.717) is 5.92 Å². The molecule has 0 amide bonds. The monoisotopic (exact) mass is 306 g/mol. The Morgan fingerprint density at radius 2 is 1.95 bits per heavy atom. The van der Waals surface area contributed by atoms with Crippen molar-refractivity contribution in [2.24, 2.45) is 0 Å². The number of aliphatic hydroxyl groups is 1. The van der Waals surface area contributed by atoms with E-state index in [1.807, 2.05) is 0 Å². The molecule has 0 bridgehead atoms. The SMILES string of the molecule is C[C@@H]1C[C@@H](O)c2ncnc(N3CCNCC3)c21.Cl.Cl. The summed E-state index contributed by atoms with van der Waals surface area (Å²) in [7, 11) is 0. The van der Waals surface area contributed by atoms with Crippen LogP contribution < -0.4 is 10.2 Å². The Hall–Kier alpha value is -0.620. The van der Waals surface area contributed by atoms with Gasteiger partial charge in [-0.05, 0) is 12.3 Å². The Morgan fingerprint density at radius 3 is 2.63 bits per heavy atom. The highest BCUT2D eigenvalue weighted by Gasteiger charge is 2.32. The van der Waals surface area contributed by atoms with Crippen LogP contribution in [0.25, 0.3) is 0 Å². The second-order valence-electron chi connectivity index (χ2n) is 4.89. The van der Waals surface area contributed by atoms with Gasteiger partial charge in [-0.2, -0.15) is 0 Å². The lowest BCUT2D eigenvalue weighted by molar-refractivity contribution is 0.170. The van der Waals surface area contributed by atoms with E-state index in [9.17, 15) is 5.11 Å². The van der Waals surface area contributed by atoms with Crippen LogP contribution in [0.5, 0.6) is 0 Å². The molecule has 3 rings (SSSR count). The van der Waals surface area contributed by atoms with Gasteiger partial charge in [0.2, 0.25) is 0 Å². The maximum absolute atomic E-state index is 9.95. The van der Waals surface area contributed by atoms with E-state index in [0.717, 1.165) is 49.7 Å². The molecule has 0 unspecified atom stereocenters. The predicted octanol–water partition coefficient (Wildman–Crippen LogP) is 1.27. The van der Waals surface area contributed by atoms with Gasteiger partial charge in [-0.15, -0.1) is 24.8 Å². The zero-order valence-corrected chi connectivity index (χ0v) is 12.5. The van der Waals surface area contributed by atoms with Crippen molar-refractivity contribution in [3.8, 4) is 0 Å². The van der Waals surface area contributed by atoms with Crippen LogP contribution in [0.15, 0.2) is 6.33 Å². The van der Waals surface area contributed by atoms with Gasteiger partial charge in [0.15, 0.2) is 0 Å².